The first-order valence-electron chi connectivity index (χ1n) is 4.17. The average molecular weight is 189 g/mol. The molecular weight excluding hydrogens is 178 g/mol. The number of benzene rings is 2. The zero-order valence-corrected chi connectivity index (χ0v) is 8.27. The van der Waals surface area contributed by atoms with Crippen molar-refractivity contribution >= 4 is 22.7 Å². The van der Waals surface area contributed by atoms with Gasteiger partial charge in [-0.15, -0.1) is 0 Å². The van der Waals surface area contributed by atoms with E-state index in [4.69, 9.17) is 5.14 Å². The van der Waals surface area contributed by atoms with Gasteiger partial charge in [-0.1, -0.05) is 24.3 Å². The lowest BCUT2D eigenvalue weighted by molar-refractivity contribution is 1.46. The summed E-state index contributed by atoms with van der Waals surface area (Å²) in [4.78, 5) is 1.11. The number of fused-ring (bicyclic) bond motifs is 1. The molecule has 2 heteroatoms. The highest BCUT2D eigenvalue weighted by atomic mass is 32.2. The summed E-state index contributed by atoms with van der Waals surface area (Å²) in [5.41, 5.74) is 1.30. The number of nitrogens with two attached hydrogens (primary N) is 1. The Kier molecular flexibility index (Phi) is 2.25. The molecule has 0 saturated heterocycles. The highest BCUT2D eigenvalue weighted by Crippen LogP contribution is 2.22. The summed E-state index contributed by atoms with van der Waals surface area (Å²) in [5, 5.41) is 8.07. The Morgan fingerprint density at radius 2 is 2.00 bits per heavy atom. The molecule has 0 unspecified atom stereocenters. The maximum absolute atomic E-state index is 5.51. The highest BCUT2D eigenvalue weighted by molar-refractivity contribution is 7.97. The van der Waals surface area contributed by atoms with Crippen LogP contribution in [0.3, 0.4) is 0 Å². The second-order valence-electron chi connectivity index (χ2n) is 3.08. The summed E-state index contributed by atoms with van der Waals surface area (Å²) in [6.45, 7) is 2.12. The second-order valence-corrected chi connectivity index (χ2v) is 3.78. The summed E-state index contributed by atoms with van der Waals surface area (Å²) < 4.78 is 0. The van der Waals surface area contributed by atoms with Crippen molar-refractivity contribution in [3.05, 3.63) is 42.0 Å². The molecule has 0 aliphatic carbocycles. The number of hydrogen-bond donors (Lipinski definition) is 1. The highest BCUT2D eigenvalue weighted by Gasteiger charge is 1.97. The van der Waals surface area contributed by atoms with Gasteiger partial charge in [0.2, 0.25) is 0 Å². The summed E-state index contributed by atoms with van der Waals surface area (Å²) >= 11 is 1.29. The standard InChI is InChI=1S/C11H11NS/c1-8-3-2-4-9-5-6-10(13-12)7-11(8)9/h2-7H,12H2,1H3. The first kappa shape index (κ1) is 8.60. The van der Waals surface area contributed by atoms with E-state index >= 15 is 0 Å². The number of rotatable bonds is 1. The quantitative estimate of drug-likeness (QED) is 0.697. The van der Waals surface area contributed by atoms with Crippen LogP contribution in [0, 0.1) is 6.92 Å². The van der Waals surface area contributed by atoms with Gasteiger partial charge in [0.05, 0.1) is 0 Å². The van der Waals surface area contributed by atoms with Crippen molar-refractivity contribution < 1.29 is 0 Å². The predicted octanol–water partition coefficient (Wildman–Crippen LogP) is 3.11. The average Bonchev–Trinajstić information content (AvgIpc) is 2.18. The van der Waals surface area contributed by atoms with E-state index in [1.807, 2.05) is 6.07 Å². The third-order valence-electron chi connectivity index (χ3n) is 2.21. The molecule has 66 valence electrons. The lowest BCUT2D eigenvalue weighted by Gasteiger charge is -2.03. The molecule has 2 rings (SSSR count). The van der Waals surface area contributed by atoms with Crippen molar-refractivity contribution in [3.8, 4) is 0 Å². The van der Waals surface area contributed by atoms with Crippen LogP contribution in [-0.2, 0) is 0 Å². The SMILES string of the molecule is Cc1cccc2ccc(SN)cc12. The van der Waals surface area contributed by atoms with Gasteiger partial charge in [-0.25, -0.2) is 0 Å². The fourth-order valence-electron chi connectivity index (χ4n) is 1.48. The molecule has 0 saturated carbocycles. The summed E-state index contributed by atoms with van der Waals surface area (Å²) in [7, 11) is 0. The van der Waals surface area contributed by atoms with Crippen molar-refractivity contribution in [2.24, 2.45) is 5.14 Å². The molecule has 0 aliphatic rings. The third kappa shape index (κ3) is 1.55. The minimum Gasteiger partial charge on any atom is -0.274 e. The Bertz CT molecular complexity index is 437. The van der Waals surface area contributed by atoms with Crippen molar-refractivity contribution in [1.82, 2.24) is 0 Å². The van der Waals surface area contributed by atoms with Gasteiger partial charge < -0.3 is 0 Å². The number of hydrogen-bond acceptors (Lipinski definition) is 2. The summed E-state index contributed by atoms with van der Waals surface area (Å²) in [6.07, 6.45) is 0. The Labute approximate surface area is 82.1 Å². The predicted molar refractivity (Wildman–Crippen MR) is 58.7 cm³/mol. The van der Waals surface area contributed by atoms with Gasteiger partial charge in [0.25, 0.3) is 0 Å². The van der Waals surface area contributed by atoms with Crippen LogP contribution in [0.2, 0.25) is 0 Å². The molecule has 0 spiro atoms. The van der Waals surface area contributed by atoms with E-state index < -0.39 is 0 Å². The molecule has 13 heavy (non-hydrogen) atoms. The maximum Gasteiger partial charge on any atom is 0.0232 e. The van der Waals surface area contributed by atoms with Crippen LogP contribution >= 0.6 is 11.9 Å². The van der Waals surface area contributed by atoms with E-state index in [0.717, 1.165) is 4.90 Å². The largest absolute Gasteiger partial charge is 0.274 e. The normalized spacial score (nSPS) is 10.6. The monoisotopic (exact) mass is 189 g/mol. The van der Waals surface area contributed by atoms with E-state index in [1.165, 1.54) is 28.3 Å². The minimum absolute atomic E-state index is 1.11. The Morgan fingerprint density at radius 1 is 1.15 bits per heavy atom. The molecule has 0 fully saturated rings. The smallest absolute Gasteiger partial charge is 0.0232 e. The molecule has 0 radical (unpaired) electrons. The molecule has 2 aromatic carbocycles. The van der Waals surface area contributed by atoms with E-state index in [9.17, 15) is 0 Å². The van der Waals surface area contributed by atoms with Crippen molar-refractivity contribution in [2.75, 3.05) is 0 Å². The van der Waals surface area contributed by atoms with Crippen LogP contribution < -0.4 is 5.14 Å². The molecule has 0 heterocycles. The van der Waals surface area contributed by atoms with Gasteiger partial charge in [0.15, 0.2) is 0 Å². The molecule has 0 atom stereocenters. The molecule has 2 aromatic rings. The first-order valence-corrected chi connectivity index (χ1v) is 5.05. The Hall–Kier alpha value is -0.990. The Morgan fingerprint density at radius 3 is 2.77 bits per heavy atom. The van der Waals surface area contributed by atoms with Crippen molar-refractivity contribution in [2.45, 2.75) is 11.8 Å². The van der Waals surface area contributed by atoms with Crippen molar-refractivity contribution in [1.29, 1.82) is 0 Å². The van der Waals surface area contributed by atoms with E-state index in [0.29, 0.717) is 0 Å². The number of aryl methyl sites for hydroxylation is 1. The van der Waals surface area contributed by atoms with E-state index in [2.05, 4.69) is 37.3 Å². The maximum atomic E-state index is 5.51. The summed E-state index contributed by atoms with van der Waals surface area (Å²) in [5.74, 6) is 0. The first-order chi connectivity index (χ1) is 6.31. The molecule has 0 amide bonds. The van der Waals surface area contributed by atoms with Crippen LogP contribution in [0.15, 0.2) is 41.3 Å². The molecular formula is C11H11NS. The molecule has 0 aliphatic heterocycles. The minimum atomic E-state index is 1.11. The van der Waals surface area contributed by atoms with Gasteiger partial charge in [0.1, 0.15) is 0 Å². The van der Waals surface area contributed by atoms with Crippen LogP contribution in [0.25, 0.3) is 10.8 Å². The summed E-state index contributed by atoms with van der Waals surface area (Å²) in [6, 6.07) is 12.6. The topological polar surface area (TPSA) is 26.0 Å². The van der Waals surface area contributed by atoms with E-state index in [-0.39, 0.29) is 0 Å². The zero-order valence-electron chi connectivity index (χ0n) is 7.45. The molecule has 0 aromatic heterocycles. The second kappa shape index (κ2) is 3.40. The third-order valence-corrected chi connectivity index (χ3v) is 2.73. The lowest BCUT2D eigenvalue weighted by atomic mass is 10.1. The van der Waals surface area contributed by atoms with Gasteiger partial charge >= 0.3 is 0 Å². The fourth-order valence-corrected chi connectivity index (χ4v) is 1.81. The lowest BCUT2D eigenvalue weighted by Crippen LogP contribution is -1.82. The molecule has 2 N–H and O–H groups in total. The van der Waals surface area contributed by atoms with E-state index in [1.54, 1.807) is 0 Å². The Balaban J connectivity index is 2.74. The van der Waals surface area contributed by atoms with Gasteiger partial charge in [-0.2, -0.15) is 0 Å². The van der Waals surface area contributed by atoms with Crippen LogP contribution in [0.4, 0.5) is 0 Å². The van der Waals surface area contributed by atoms with Crippen LogP contribution in [-0.4, -0.2) is 0 Å². The van der Waals surface area contributed by atoms with Crippen LogP contribution in [0.5, 0.6) is 0 Å². The van der Waals surface area contributed by atoms with Crippen LogP contribution in [0.1, 0.15) is 5.56 Å². The van der Waals surface area contributed by atoms with Crippen molar-refractivity contribution in [3.63, 3.8) is 0 Å². The van der Waals surface area contributed by atoms with Gasteiger partial charge in [-0.3, -0.25) is 5.14 Å². The van der Waals surface area contributed by atoms with Gasteiger partial charge in [-0.05, 0) is 47.3 Å². The molecule has 1 nitrogen and oxygen atoms in total. The van der Waals surface area contributed by atoms with Gasteiger partial charge in [0, 0.05) is 4.90 Å². The molecule has 0 bridgehead atoms. The zero-order chi connectivity index (χ0) is 9.26. The fraction of sp³-hybridized carbons (Fsp3) is 0.0909.